The van der Waals surface area contributed by atoms with Crippen molar-refractivity contribution in [3.63, 3.8) is 0 Å². The van der Waals surface area contributed by atoms with Crippen LogP contribution in [0.4, 0.5) is 0 Å². The van der Waals surface area contributed by atoms with Crippen molar-refractivity contribution in [2.75, 3.05) is 40.8 Å². The smallest absolute Gasteiger partial charge is 0.250 e. The predicted molar refractivity (Wildman–Crippen MR) is 60.6 cm³/mol. The molecule has 3 N–H and O–H groups in total. The van der Waals surface area contributed by atoms with Gasteiger partial charge in [0.2, 0.25) is 5.91 Å². The second-order valence-corrected chi connectivity index (χ2v) is 3.76. The van der Waals surface area contributed by atoms with Gasteiger partial charge in [-0.1, -0.05) is 0 Å². The molecule has 0 aromatic heterocycles. The maximum absolute atomic E-state index is 11.4. The van der Waals surface area contributed by atoms with Gasteiger partial charge in [-0.05, 0) is 33.5 Å². The third kappa shape index (κ3) is 7.30. The van der Waals surface area contributed by atoms with E-state index >= 15 is 0 Å². The molecule has 0 aliphatic rings. The molecule has 0 radical (unpaired) electrons. The number of unbranched alkanes of at least 4 members (excludes halogenated alkanes) is 1. The lowest BCUT2D eigenvalue weighted by Gasteiger charge is -2.13. The van der Waals surface area contributed by atoms with Gasteiger partial charge in [0, 0.05) is 20.2 Å². The first kappa shape index (κ1) is 14.3. The zero-order chi connectivity index (χ0) is 11.7. The summed E-state index contributed by atoms with van der Waals surface area (Å²) in [5.74, 6) is -0.121. The molecule has 5 heteroatoms. The van der Waals surface area contributed by atoms with Crippen molar-refractivity contribution in [1.29, 1.82) is 0 Å². The summed E-state index contributed by atoms with van der Waals surface area (Å²) in [6, 6.07) is 0. The van der Waals surface area contributed by atoms with Crippen molar-refractivity contribution in [2.45, 2.75) is 18.9 Å². The Morgan fingerprint density at radius 2 is 2.13 bits per heavy atom. The predicted octanol–water partition coefficient (Wildman–Crippen LogP) is -0.582. The van der Waals surface area contributed by atoms with E-state index in [2.05, 4.69) is 10.2 Å². The molecule has 0 saturated heterocycles. The van der Waals surface area contributed by atoms with Gasteiger partial charge in [-0.2, -0.15) is 0 Å². The number of hydrogen-bond donors (Lipinski definition) is 2. The Morgan fingerprint density at radius 1 is 1.47 bits per heavy atom. The normalized spacial score (nSPS) is 12.9. The average molecular weight is 217 g/mol. The minimum atomic E-state index is -0.515. The number of nitrogens with one attached hydrogen (secondary N) is 1. The molecule has 0 aromatic carbocycles. The highest BCUT2D eigenvalue weighted by Gasteiger charge is 2.14. The van der Waals surface area contributed by atoms with Crippen LogP contribution in [0.3, 0.4) is 0 Å². The van der Waals surface area contributed by atoms with Crippen LogP contribution >= 0.6 is 0 Å². The maximum atomic E-state index is 11.4. The molecule has 0 bridgehead atoms. The number of carbonyl (C=O) groups excluding carboxylic acids is 1. The first-order chi connectivity index (χ1) is 7.11. The summed E-state index contributed by atoms with van der Waals surface area (Å²) in [5, 5.41) is 2.80. The molecule has 5 nitrogen and oxygen atoms in total. The molecule has 0 rings (SSSR count). The standard InChI is InChI=1S/C10H23N3O2/c1-13(2)7-5-4-6-12-10(14)9(8-11)15-3/h9H,4-8,11H2,1-3H3,(H,12,14). The summed E-state index contributed by atoms with van der Waals surface area (Å²) in [6.07, 6.45) is 1.54. The van der Waals surface area contributed by atoms with E-state index in [1.807, 2.05) is 14.1 Å². The number of amides is 1. The van der Waals surface area contributed by atoms with E-state index in [4.69, 9.17) is 10.5 Å². The molecule has 15 heavy (non-hydrogen) atoms. The fourth-order valence-electron chi connectivity index (χ4n) is 1.19. The molecule has 0 aromatic rings. The summed E-state index contributed by atoms with van der Waals surface area (Å²) in [6.45, 7) is 1.95. The lowest BCUT2D eigenvalue weighted by Crippen LogP contribution is -2.41. The van der Waals surface area contributed by atoms with Crippen LogP contribution in [-0.4, -0.2) is 57.8 Å². The third-order valence-electron chi connectivity index (χ3n) is 2.12. The Balaban J connectivity index is 3.46. The highest BCUT2D eigenvalue weighted by atomic mass is 16.5. The monoisotopic (exact) mass is 217 g/mol. The molecular weight excluding hydrogens is 194 g/mol. The van der Waals surface area contributed by atoms with Gasteiger partial charge in [0.25, 0.3) is 0 Å². The minimum absolute atomic E-state index is 0.121. The second-order valence-electron chi connectivity index (χ2n) is 3.76. The quantitative estimate of drug-likeness (QED) is 0.534. The van der Waals surface area contributed by atoms with Gasteiger partial charge in [0.1, 0.15) is 6.10 Å². The van der Waals surface area contributed by atoms with Crippen LogP contribution in [0.25, 0.3) is 0 Å². The molecule has 0 saturated carbocycles. The van der Waals surface area contributed by atoms with Gasteiger partial charge in [-0.3, -0.25) is 4.79 Å². The van der Waals surface area contributed by atoms with Gasteiger partial charge in [0.05, 0.1) is 0 Å². The fraction of sp³-hybridized carbons (Fsp3) is 0.900. The molecule has 0 heterocycles. The maximum Gasteiger partial charge on any atom is 0.250 e. The van der Waals surface area contributed by atoms with Gasteiger partial charge >= 0.3 is 0 Å². The zero-order valence-electron chi connectivity index (χ0n) is 9.95. The van der Waals surface area contributed by atoms with Crippen molar-refractivity contribution in [3.05, 3.63) is 0 Å². The van der Waals surface area contributed by atoms with Gasteiger partial charge in [0.15, 0.2) is 0 Å². The zero-order valence-corrected chi connectivity index (χ0v) is 9.95. The molecule has 1 amide bonds. The highest BCUT2D eigenvalue weighted by Crippen LogP contribution is 1.91. The van der Waals surface area contributed by atoms with E-state index in [1.54, 1.807) is 0 Å². The van der Waals surface area contributed by atoms with Gasteiger partial charge in [-0.25, -0.2) is 0 Å². The molecule has 90 valence electrons. The highest BCUT2D eigenvalue weighted by molar-refractivity contribution is 5.80. The number of rotatable bonds is 8. The third-order valence-corrected chi connectivity index (χ3v) is 2.12. The number of methoxy groups -OCH3 is 1. The minimum Gasteiger partial charge on any atom is -0.370 e. The van der Waals surface area contributed by atoms with Crippen molar-refractivity contribution >= 4 is 5.91 Å². The molecule has 0 fully saturated rings. The molecule has 0 aliphatic carbocycles. The molecule has 1 atom stereocenters. The van der Waals surface area contributed by atoms with Crippen LogP contribution in [0.5, 0.6) is 0 Å². The summed E-state index contributed by atoms with van der Waals surface area (Å²) >= 11 is 0. The molecule has 1 unspecified atom stereocenters. The number of ether oxygens (including phenoxy) is 1. The largest absolute Gasteiger partial charge is 0.370 e. The van der Waals surface area contributed by atoms with E-state index in [9.17, 15) is 4.79 Å². The van der Waals surface area contributed by atoms with E-state index < -0.39 is 6.10 Å². The lowest BCUT2D eigenvalue weighted by molar-refractivity contribution is -0.130. The first-order valence-electron chi connectivity index (χ1n) is 5.27. The van der Waals surface area contributed by atoms with Crippen molar-refractivity contribution in [3.8, 4) is 0 Å². The Kier molecular flexibility index (Phi) is 8.27. The summed E-state index contributed by atoms with van der Waals surface area (Å²) in [5.41, 5.74) is 5.36. The van der Waals surface area contributed by atoms with E-state index in [1.165, 1.54) is 7.11 Å². The van der Waals surface area contributed by atoms with Crippen LogP contribution in [0.15, 0.2) is 0 Å². The Labute approximate surface area is 91.9 Å². The Bertz CT molecular complexity index is 170. The van der Waals surface area contributed by atoms with Crippen molar-refractivity contribution in [1.82, 2.24) is 10.2 Å². The number of carbonyl (C=O) groups is 1. The van der Waals surface area contributed by atoms with E-state index in [0.29, 0.717) is 6.54 Å². The second kappa shape index (κ2) is 8.64. The SMILES string of the molecule is COC(CN)C(=O)NCCCCN(C)C. The number of nitrogens with zero attached hydrogens (tertiary/aromatic N) is 1. The van der Waals surface area contributed by atoms with Crippen LogP contribution in [0, 0.1) is 0 Å². The summed E-state index contributed by atoms with van der Waals surface area (Å²) in [7, 11) is 5.56. The van der Waals surface area contributed by atoms with Crippen LogP contribution in [0.1, 0.15) is 12.8 Å². The number of hydrogen-bond acceptors (Lipinski definition) is 4. The van der Waals surface area contributed by atoms with E-state index in [-0.39, 0.29) is 12.5 Å². The Morgan fingerprint density at radius 3 is 2.60 bits per heavy atom. The van der Waals surface area contributed by atoms with Crippen molar-refractivity contribution < 1.29 is 9.53 Å². The van der Waals surface area contributed by atoms with Gasteiger partial charge < -0.3 is 20.7 Å². The number of nitrogens with two attached hydrogens (primary N) is 1. The fourth-order valence-corrected chi connectivity index (χ4v) is 1.19. The van der Waals surface area contributed by atoms with Crippen molar-refractivity contribution in [2.24, 2.45) is 5.73 Å². The lowest BCUT2D eigenvalue weighted by atomic mass is 10.3. The molecular formula is C10H23N3O2. The van der Waals surface area contributed by atoms with Crippen LogP contribution < -0.4 is 11.1 Å². The van der Waals surface area contributed by atoms with Gasteiger partial charge in [-0.15, -0.1) is 0 Å². The summed E-state index contributed by atoms with van der Waals surface area (Å²) < 4.78 is 4.91. The first-order valence-corrected chi connectivity index (χ1v) is 5.27. The topological polar surface area (TPSA) is 67.6 Å². The molecule has 0 spiro atoms. The van der Waals surface area contributed by atoms with Crippen LogP contribution in [0.2, 0.25) is 0 Å². The average Bonchev–Trinajstić information content (AvgIpc) is 2.18. The molecule has 0 aliphatic heterocycles. The Hall–Kier alpha value is -0.650. The van der Waals surface area contributed by atoms with E-state index in [0.717, 1.165) is 19.4 Å². The van der Waals surface area contributed by atoms with Crippen LogP contribution in [-0.2, 0) is 9.53 Å². The summed E-state index contributed by atoms with van der Waals surface area (Å²) in [4.78, 5) is 13.5.